The summed E-state index contributed by atoms with van der Waals surface area (Å²) >= 11 is 9.50. The molecule has 1 heterocycles. The Morgan fingerprint density at radius 1 is 1.03 bits per heavy atom. The number of carbonyl (C=O) groups excluding carboxylic acids is 2. The molecule has 206 valence electrons. The number of sulfonamides is 1. The summed E-state index contributed by atoms with van der Waals surface area (Å²) in [6, 6.07) is 15.3. The van der Waals surface area contributed by atoms with Gasteiger partial charge in [0.25, 0.3) is 11.8 Å². The van der Waals surface area contributed by atoms with Crippen LogP contribution in [-0.4, -0.2) is 37.6 Å². The van der Waals surface area contributed by atoms with Gasteiger partial charge in [0.05, 0.1) is 21.2 Å². The molecule has 0 aromatic heterocycles. The summed E-state index contributed by atoms with van der Waals surface area (Å²) in [6.07, 6.45) is 0.938. The van der Waals surface area contributed by atoms with Crippen molar-refractivity contribution in [2.45, 2.75) is 31.2 Å². The number of carbonyl (C=O) groups is 2. The minimum Gasteiger partial charge on any atom is -0.336 e. The highest BCUT2D eigenvalue weighted by Crippen LogP contribution is 2.29. The second-order valence-electron chi connectivity index (χ2n) is 9.84. The number of hydrogen-bond donors (Lipinski definition) is 2. The lowest BCUT2D eigenvalue weighted by Gasteiger charge is -2.34. The molecule has 0 saturated carbocycles. The van der Waals surface area contributed by atoms with E-state index in [4.69, 9.17) is 11.6 Å². The number of hydrogen-bond acceptors (Lipinski definition) is 4. The van der Waals surface area contributed by atoms with Crippen molar-refractivity contribution in [1.82, 2.24) is 9.62 Å². The van der Waals surface area contributed by atoms with Crippen molar-refractivity contribution in [2.24, 2.45) is 11.8 Å². The van der Waals surface area contributed by atoms with Crippen molar-refractivity contribution < 1.29 is 22.4 Å². The Hall–Kier alpha value is -2.79. The van der Waals surface area contributed by atoms with Crippen molar-refractivity contribution in [3.63, 3.8) is 0 Å². The number of piperidine rings is 1. The van der Waals surface area contributed by atoms with Gasteiger partial charge in [-0.05, 0) is 60.2 Å². The van der Waals surface area contributed by atoms with E-state index in [9.17, 15) is 22.4 Å². The lowest BCUT2D eigenvalue weighted by atomic mass is 9.94. The number of rotatable bonds is 7. The van der Waals surface area contributed by atoms with Crippen molar-refractivity contribution in [3.8, 4) is 0 Å². The molecule has 11 heteroatoms. The quantitative estimate of drug-likeness (QED) is 0.332. The standard InChI is InChI=1S/C28H28BrClFN3O4S/c1-17-12-18(2)16-34(15-17)39(37,38)21-9-10-23(30)22(14-21)27(35)33-26(19-6-4-3-5-7-19)28(36)32-25-11-8-20(29)13-24(25)31/h3-11,13-14,17-18,26H,12,15-16H2,1-2H3,(H,32,36)(H,33,35). The molecule has 3 aromatic carbocycles. The molecule has 2 amide bonds. The zero-order valence-corrected chi connectivity index (χ0v) is 24.5. The first-order chi connectivity index (χ1) is 18.5. The highest BCUT2D eigenvalue weighted by atomic mass is 79.9. The van der Waals surface area contributed by atoms with Crippen LogP contribution in [0, 0.1) is 17.7 Å². The van der Waals surface area contributed by atoms with E-state index in [1.54, 1.807) is 36.4 Å². The Morgan fingerprint density at radius 2 is 1.69 bits per heavy atom. The second-order valence-corrected chi connectivity index (χ2v) is 13.1. The largest absolute Gasteiger partial charge is 0.336 e. The monoisotopic (exact) mass is 635 g/mol. The first-order valence-corrected chi connectivity index (χ1v) is 15.0. The van der Waals surface area contributed by atoms with Gasteiger partial charge >= 0.3 is 0 Å². The smallest absolute Gasteiger partial charge is 0.253 e. The normalized spacial score (nSPS) is 18.8. The molecular weight excluding hydrogens is 609 g/mol. The molecule has 4 rings (SSSR count). The van der Waals surface area contributed by atoms with Gasteiger partial charge < -0.3 is 10.6 Å². The SMILES string of the molecule is CC1CC(C)CN(S(=O)(=O)c2ccc(Cl)c(C(=O)NC(C(=O)Nc3ccc(Br)cc3F)c3ccccc3)c2)C1. The van der Waals surface area contributed by atoms with E-state index >= 15 is 0 Å². The number of benzene rings is 3. The van der Waals surface area contributed by atoms with Crippen LogP contribution < -0.4 is 10.6 Å². The maximum absolute atomic E-state index is 14.4. The summed E-state index contributed by atoms with van der Waals surface area (Å²) in [7, 11) is -3.88. The highest BCUT2D eigenvalue weighted by Gasteiger charge is 2.33. The first kappa shape index (κ1) is 29.2. The number of nitrogens with one attached hydrogen (secondary N) is 2. The molecule has 7 nitrogen and oxygen atoms in total. The Bertz CT molecular complexity index is 1480. The van der Waals surface area contributed by atoms with Crippen LogP contribution in [0.4, 0.5) is 10.1 Å². The zero-order valence-electron chi connectivity index (χ0n) is 21.3. The van der Waals surface area contributed by atoms with Gasteiger partial charge in [-0.3, -0.25) is 9.59 Å². The van der Waals surface area contributed by atoms with E-state index in [1.807, 2.05) is 13.8 Å². The van der Waals surface area contributed by atoms with Gasteiger partial charge in [-0.1, -0.05) is 71.7 Å². The molecule has 0 bridgehead atoms. The molecule has 3 aromatic rings. The fourth-order valence-corrected chi connectivity index (χ4v) is 6.98. The highest BCUT2D eigenvalue weighted by molar-refractivity contribution is 9.10. The van der Waals surface area contributed by atoms with E-state index < -0.39 is 33.7 Å². The molecule has 3 atom stereocenters. The fourth-order valence-electron chi connectivity index (χ4n) is 4.74. The molecule has 2 N–H and O–H groups in total. The van der Waals surface area contributed by atoms with E-state index in [2.05, 4.69) is 26.6 Å². The molecule has 1 fully saturated rings. The van der Waals surface area contributed by atoms with Gasteiger partial charge in [-0.2, -0.15) is 4.31 Å². The van der Waals surface area contributed by atoms with Crippen LogP contribution in [0.3, 0.4) is 0 Å². The number of amides is 2. The Morgan fingerprint density at radius 3 is 2.33 bits per heavy atom. The van der Waals surface area contributed by atoms with Crippen LogP contribution >= 0.6 is 27.5 Å². The summed E-state index contributed by atoms with van der Waals surface area (Å²) in [6.45, 7) is 4.79. The van der Waals surface area contributed by atoms with E-state index in [0.717, 1.165) is 6.42 Å². The first-order valence-electron chi connectivity index (χ1n) is 12.4. The molecule has 1 saturated heterocycles. The third kappa shape index (κ3) is 6.87. The summed E-state index contributed by atoms with van der Waals surface area (Å²) < 4.78 is 43.2. The Kier molecular flexibility index (Phi) is 9.10. The third-order valence-electron chi connectivity index (χ3n) is 6.52. The van der Waals surface area contributed by atoms with Crippen molar-refractivity contribution in [2.75, 3.05) is 18.4 Å². The Labute approximate surface area is 240 Å². The van der Waals surface area contributed by atoms with Gasteiger partial charge in [-0.15, -0.1) is 0 Å². The van der Waals surface area contributed by atoms with Gasteiger partial charge in [-0.25, -0.2) is 12.8 Å². The molecule has 0 spiro atoms. The molecule has 0 radical (unpaired) electrons. The minimum atomic E-state index is -3.88. The van der Waals surface area contributed by atoms with Crippen LogP contribution in [0.5, 0.6) is 0 Å². The summed E-state index contributed by atoms with van der Waals surface area (Å²) in [5.41, 5.74) is 0.283. The minimum absolute atomic E-state index is 0.0259. The van der Waals surface area contributed by atoms with E-state index in [0.29, 0.717) is 23.1 Å². The van der Waals surface area contributed by atoms with Gasteiger partial charge in [0.2, 0.25) is 10.0 Å². The Balaban J connectivity index is 1.62. The predicted molar refractivity (Wildman–Crippen MR) is 153 cm³/mol. The van der Waals surface area contributed by atoms with Crippen molar-refractivity contribution in [1.29, 1.82) is 0 Å². The van der Waals surface area contributed by atoms with Gasteiger partial charge in [0, 0.05) is 17.6 Å². The van der Waals surface area contributed by atoms with Crippen LogP contribution in [0.1, 0.15) is 42.2 Å². The summed E-state index contributed by atoms with van der Waals surface area (Å²) in [5.74, 6) is -1.68. The average Bonchev–Trinajstić information content (AvgIpc) is 2.88. The molecule has 0 aliphatic carbocycles. The van der Waals surface area contributed by atoms with Crippen LogP contribution in [0.2, 0.25) is 5.02 Å². The molecule has 1 aliphatic heterocycles. The molecule has 1 aliphatic rings. The van der Waals surface area contributed by atoms with Gasteiger partial charge in [0.1, 0.15) is 11.9 Å². The number of halogens is 3. The second kappa shape index (κ2) is 12.2. The van der Waals surface area contributed by atoms with E-state index in [-0.39, 0.29) is 33.0 Å². The maximum atomic E-state index is 14.4. The lowest BCUT2D eigenvalue weighted by molar-refractivity contribution is -0.118. The topological polar surface area (TPSA) is 95.6 Å². The average molecular weight is 637 g/mol. The maximum Gasteiger partial charge on any atom is 0.253 e. The number of nitrogens with zero attached hydrogens (tertiary/aromatic N) is 1. The summed E-state index contributed by atoms with van der Waals surface area (Å²) in [4.78, 5) is 26.6. The summed E-state index contributed by atoms with van der Waals surface area (Å²) in [5, 5.41) is 5.17. The molecule has 3 unspecified atom stereocenters. The van der Waals surface area contributed by atoms with Gasteiger partial charge in [0.15, 0.2) is 0 Å². The zero-order chi connectivity index (χ0) is 28.3. The van der Waals surface area contributed by atoms with Crippen molar-refractivity contribution in [3.05, 3.63) is 93.2 Å². The molecule has 39 heavy (non-hydrogen) atoms. The lowest BCUT2D eigenvalue weighted by Crippen LogP contribution is -2.42. The van der Waals surface area contributed by atoms with Crippen LogP contribution in [-0.2, 0) is 14.8 Å². The van der Waals surface area contributed by atoms with Crippen LogP contribution in [0.25, 0.3) is 0 Å². The van der Waals surface area contributed by atoms with Crippen LogP contribution in [0.15, 0.2) is 76.1 Å². The molecular formula is C28H28BrClFN3O4S. The van der Waals surface area contributed by atoms with Crippen molar-refractivity contribution >= 4 is 55.1 Å². The number of anilines is 1. The third-order valence-corrected chi connectivity index (χ3v) is 9.17. The van der Waals surface area contributed by atoms with E-state index in [1.165, 1.54) is 34.6 Å². The fraction of sp³-hybridized carbons (Fsp3) is 0.286. The predicted octanol–water partition coefficient (Wildman–Crippen LogP) is 6.02.